The zero-order chi connectivity index (χ0) is 18.8. The lowest BCUT2D eigenvalue weighted by Crippen LogP contribution is -2.16. The predicted octanol–water partition coefficient (Wildman–Crippen LogP) is 6.04. The maximum absolute atomic E-state index is 13.2. The lowest BCUT2D eigenvalue weighted by atomic mass is 9.92. The SMILES string of the molecule is Cc1cc(C(=O)Nc2c(C(C)C)cccc2C(C)C)c2ccccc2n1. The van der Waals surface area contributed by atoms with Crippen LogP contribution in [0, 0.1) is 6.92 Å². The molecular weight excluding hydrogens is 320 g/mol. The average Bonchev–Trinajstić information content (AvgIpc) is 2.60. The minimum absolute atomic E-state index is 0.0818. The highest BCUT2D eigenvalue weighted by molar-refractivity contribution is 6.13. The van der Waals surface area contributed by atoms with Crippen LogP contribution in [-0.2, 0) is 0 Å². The first-order valence-electron chi connectivity index (χ1n) is 9.19. The summed E-state index contributed by atoms with van der Waals surface area (Å²) in [4.78, 5) is 17.7. The predicted molar refractivity (Wildman–Crippen MR) is 109 cm³/mol. The molecule has 0 aliphatic carbocycles. The van der Waals surface area contributed by atoms with Crippen LogP contribution in [-0.4, -0.2) is 10.9 Å². The number of nitrogens with zero attached hydrogens (tertiary/aromatic N) is 1. The topological polar surface area (TPSA) is 42.0 Å². The number of nitrogens with one attached hydrogen (secondary N) is 1. The van der Waals surface area contributed by atoms with Crippen molar-refractivity contribution in [3.8, 4) is 0 Å². The van der Waals surface area contributed by atoms with Gasteiger partial charge in [0.25, 0.3) is 5.91 Å². The summed E-state index contributed by atoms with van der Waals surface area (Å²) in [5, 5.41) is 4.09. The molecule has 134 valence electrons. The van der Waals surface area contributed by atoms with E-state index in [-0.39, 0.29) is 5.91 Å². The van der Waals surface area contributed by atoms with Crippen LogP contribution in [0.1, 0.15) is 66.7 Å². The van der Waals surface area contributed by atoms with Crippen molar-refractivity contribution in [1.29, 1.82) is 0 Å². The van der Waals surface area contributed by atoms with E-state index < -0.39 is 0 Å². The first-order valence-corrected chi connectivity index (χ1v) is 9.19. The molecule has 3 aromatic rings. The quantitative estimate of drug-likeness (QED) is 0.625. The molecule has 0 radical (unpaired) electrons. The van der Waals surface area contributed by atoms with Gasteiger partial charge in [-0.05, 0) is 42.0 Å². The highest BCUT2D eigenvalue weighted by Gasteiger charge is 2.18. The number of pyridine rings is 1. The number of amides is 1. The molecule has 0 aliphatic rings. The van der Waals surface area contributed by atoms with Gasteiger partial charge in [-0.2, -0.15) is 0 Å². The second-order valence-corrected chi connectivity index (χ2v) is 7.40. The van der Waals surface area contributed by atoms with Crippen LogP contribution in [0.15, 0.2) is 48.5 Å². The zero-order valence-corrected chi connectivity index (χ0v) is 16.1. The Morgan fingerprint density at radius 1 is 0.923 bits per heavy atom. The van der Waals surface area contributed by atoms with E-state index in [4.69, 9.17) is 0 Å². The van der Waals surface area contributed by atoms with Crippen LogP contribution in [0.4, 0.5) is 5.69 Å². The largest absolute Gasteiger partial charge is 0.321 e. The molecule has 1 heterocycles. The maximum Gasteiger partial charge on any atom is 0.256 e. The second kappa shape index (κ2) is 7.28. The number of hydrogen-bond acceptors (Lipinski definition) is 2. The summed E-state index contributed by atoms with van der Waals surface area (Å²) in [6.45, 7) is 10.5. The van der Waals surface area contributed by atoms with Gasteiger partial charge in [0, 0.05) is 16.8 Å². The van der Waals surface area contributed by atoms with E-state index in [1.54, 1.807) is 0 Å². The Hall–Kier alpha value is -2.68. The van der Waals surface area contributed by atoms with Crippen LogP contribution in [0.2, 0.25) is 0 Å². The summed E-state index contributed by atoms with van der Waals surface area (Å²) >= 11 is 0. The van der Waals surface area contributed by atoms with E-state index in [1.165, 1.54) is 11.1 Å². The first-order chi connectivity index (χ1) is 12.4. The van der Waals surface area contributed by atoms with Crippen molar-refractivity contribution in [3.05, 3.63) is 70.9 Å². The van der Waals surface area contributed by atoms with Crippen molar-refractivity contribution >= 4 is 22.5 Å². The van der Waals surface area contributed by atoms with Gasteiger partial charge in [-0.15, -0.1) is 0 Å². The molecule has 0 saturated heterocycles. The Morgan fingerprint density at radius 2 is 1.54 bits per heavy atom. The van der Waals surface area contributed by atoms with E-state index in [2.05, 4.69) is 56.2 Å². The van der Waals surface area contributed by atoms with Gasteiger partial charge in [-0.25, -0.2) is 0 Å². The Kier molecular flexibility index (Phi) is 5.08. The van der Waals surface area contributed by atoms with Gasteiger partial charge in [0.2, 0.25) is 0 Å². The molecule has 3 heteroatoms. The number of benzene rings is 2. The summed E-state index contributed by atoms with van der Waals surface area (Å²) in [6.07, 6.45) is 0. The standard InChI is InChI=1S/C23H26N2O/c1-14(2)17-10-8-11-18(15(3)4)22(17)25-23(26)20-13-16(5)24-21-12-7-6-9-19(20)21/h6-15H,1-5H3,(H,25,26). The third-order valence-electron chi connectivity index (χ3n) is 4.70. The summed E-state index contributed by atoms with van der Waals surface area (Å²) in [7, 11) is 0. The van der Waals surface area contributed by atoms with Crippen molar-refractivity contribution < 1.29 is 4.79 Å². The molecule has 2 aromatic carbocycles. The summed E-state index contributed by atoms with van der Waals surface area (Å²) < 4.78 is 0. The Morgan fingerprint density at radius 3 is 2.15 bits per heavy atom. The minimum atomic E-state index is -0.0818. The molecular formula is C23H26N2O. The molecule has 1 aromatic heterocycles. The van der Waals surface area contributed by atoms with Crippen LogP contribution < -0.4 is 5.32 Å². The number of para-hydroxylation sites is 2. The number of rotatable bonds is 4. The van der Waals surface area contributed by atoms with Crippen molar-refractivity contribution in [2.45, 2.75) is 46.5 Å². The summed E-state index contributed by atoms with van der Waals surface area (Å²) in [6, 6.07) is 15.9. The van der Waals surface area contributed by atoms with E-state index in [9.17, 15) is 4.79 Å². The molecule has 0 atom stereocenters. The average molecular weight is 346 g/mol. The normalized spacial score (nSPS) is 11.3. The van der Waals surface area contributed by atoms with E-state index in [1.807, 2.05) is 37.3 Å². The maximum atomic E-state index is 13.2. The number of aryl methyl sites for hydroxylation is 1. The van der Waals surface area contributed by atoms with Gasteiger partial charge < -0.3 is 5.32 Å². The Labute approximate surface area is 155 Å². The minimum Gasteiger partial charge on any atom is -0.321 e. The molecule has 0 spiro atoms. The van der Waals surface area contributed by atoms with Gasteiger partial charge in [0.1, 0.15) is 0 Å². The fourth-order valence-electron chi connectivity index (χ4n) is 3.37. The van der Waals surface area contributed by atoms with Crippen molar-refractivity contribution in [3.63, 3.8) is 0 Å². The van der Waals surface area contributed by atoms with Crippen LogP contribution >= 0.6 is 0 Å². The van der Waals surface area contributed by atoms with E-state index in [0.717, 1.165) is 22.3 Å². The molecule has 1 amide bonds. The fourth-order valence-corrected chi connectivity index (χ4v) is 3.37. The van der Waals surface area contributed by atoms with Crippen molar-refractivity contribution in [2.24, 2.45) is 0 Å². The molecule has 0 fully saturated rings. The molecule has 0 saturated carbocycles. The fraction of sp³-hybridized carbons (Fsp3) is 0.304. The molecule has 0 bridgehead atoms. The van der Waals surface area contributed by atoms with E-state index in [0.29, 0.717) is 17.4 Å². The van der Waals surface area contributed by atoms with Gasteiger partial charge in [-0.3, -0.25) is 9.78 Å². The Bertz CT molecular complexity index is 931. The lowest BCUT2D eigenvalue weighted by molar-refractivity contribution is 0.102. The monoisotopic (exact) mass is 346 g/mol. The van der Waals surface area contributed by atoms with Crippen molar-refractivity contribution in [1.82, 2.24) is 4.98 Å². The Balaban J connectivity index is 2.10. The highest BCUT2D eigenvalue weighted by atomic mass is 16.1. The van der Waals surface area contributed by atoms with Crippen LogP contribution in [0.25, 0.3) is 10.9 Å². The molecule has 26 heavy (non-hydrogen) atoms. The van der Waals surface area contributed by atoms with Crippen LogP contribution in [0.5, 0.6) is 0 Å². The van der Waals surface area contributed by atoms with Gasteiger partial charge in [-0.1, -0.05) is 64.1 Å². The number of carbonyl (C=O) groups excluding carboxylic acids is 1. The summed E-state index contributed by atoms with van der Waals surface area (Å²) in [5.41, 5.74) is 5.63. The van der Waals surface area contributed by atoms with Crippen molar-refractivity contribution in [2.75, 3.05) is 5.32 Å². The highest BCUT2D eigenvalue weighted by Crippen LogP contribution is 2.33. The second-order valence-electron chi connectivity index (χ2n) is 7.40. The molecule has 0 aliphatic heterocycles. The molecule has 1 N–H and O–H groups in total. The molecule has 3 nitrogen and oxygen atoms in total. The third-order valence-corrected chi connectivity index (χ3v) is 4.70. The van der Waals surface area contributed by atoms with Gasteiger partial charge >= 0.3 is 0 Å². The van der Waals surface area contributed by atoms with Gasteiger partial charge in [0.05, 0.1) is 11.1 Å². The molecule has 3 rings (SSSR count). The van der Waals surface area contributed by atoms with Crippen LogP contribution in [0.3, 0.4) is 0 Å². The smallest absolute Gasteiger partial charge is 0.256 e. The zero-order valence-electron chi connectivity index (χ0n) is 16.1. The van der Waals surface area contributed by atoms with Gasteiger partial charge in [0.15, 0.2) is 0 Å². The number of aromatic nitrogens is 1. The summed E-state index contributed by atoms with van der Waals surface area (Å²) in [5.74, 6) is 0.585. The first kappa shape index (κ1) is 18.1. The number of carbonyl (C=O) groups is 1. The number of anilines is 1. The number of hydrogen-bond donors (Lipinski definition) is 1. The number of fused-ring (bicyclic) bond motifs is 1. The molecule has 0 unspecified atom stereocenters. The third kappa shape index (κ3) is 3.48. The lowest BCUT2D eigenvalue weighted by Gasteiger charge is -2.20. The van der Waals surface area contributed by atoms with E-state index >= 15 is 0 Å².